The minimum atomic E-state index is 0.0950. The van der Waals surface area contributed by atoms with Gasteiger partial charge in [0.2, 0.25) is 10.2 Å². The number of hydrogen-bond acceptors (Lipinski definition) is 8. The van der Waals surface area contributed by atoms with Crippen molar-refractivity contribution in [3.05, 3.63) is 117 Å². The molecule has 1 aliphatic rings. The summed E-state index contributed by atoms with van der Waals surface area (Å²) in [7, 11) is 3.96. The Morgan fingerprint density at radius 1 is 0.717 bits per heavy atom. The lowest BCUT2D eigenvalue weighted by molar-refractivity contribution is -0.107. The van der Waals surface area contributed by atoms with Crippen LogP contribution in [0.15, 0.2) is 117 Å². The number of rotatable bonds is 23. The van der Waals surface area contributed by atoms with Crippen molar-refractivity contribution in [3.8, 4) is 0 Å². The molecule has 0 aliphatic heterocycles. The first-order valence-electron chi connectivity index (χ1n) is 21.9. The van der Waals surface area contributed by atoms with E-state index in [0.29, 0.717) is 13.1 Å². The van der Waals surface area contributed by atoms with Crippen molar-refractivity contribution in [2.45, 2.75) is 122 Å². The molecule has 0 spiro atoms. The van der Waals surface area contributed by atoms with Crippen LogP contribution in [0.25, 0.3) is 0 Å². The molecule has 60 heavy (non-hydrogen) atoms. The van der Waals surface area contributed by atoms with Crippen molar-refractivity contribution < 1.29 is 19.8 Å². The Morgan fingerprint density at radius 2 is 1.18 bits per heavy atom. The highest BCUT2D eigenvalue weighted by molar-refractivity contribution is 8.14. The minimum Gasteiger partial charge on any atom is -0.395 e. The van der Waals surface area contributed by atoms with E-state index in [1.165, 1.54) is 76.2 Å². The smallest absolute Gasteiger partial charge is 0.212 e. The molecular formula is C52H84N2O4S2. The van der Waals surface area contributed by atoms with Crippen molar-refractivity contribution in [3.63, 3.8) is 0 Å². The summed E-state index contributed by atoms with van der Waals surface area (Å²) in [4.78, 5) is 28.3. The summed E-state index contributed by atoms with van der Waals surface area (Å²) in [5, 5.41) is 18.0. The third-order valence-electron chi connectivity index (χ3n) is 10.3. The molecule has 2 N–H and O–H groups in total. The number of nitrogens with zero attached hydrogens (tertiary/aromatic N) is 2. The summed E-state index contributed by atoms with van der Waals surface area (Å²) < 4.78 is 0. The van der Waals surface area contributed by atoms with Gasteiger partial charge in [-0.3, -0.25) is 9.59 Å². The Balaban J connectivity index is 0.00000116. The van der Waals surface area contributed by atoms with Gasteiger partial charge in [-0.15, -0.1) is 0 Å². The molecule has 0 radical (unpaired) electrons. The van der Waals surface area contributed by atoms with Crippen molar-refractivity contribution in [2.75, 3.05) is 65.0 Å². The second-order valence-corrected chi connectivity index (χ2v) is 20.0. The van der Waals surface area contributed by atoms with Crippen LogP contribution in [0.5, 0.6) is 0 Å². The minimum absolute atomic E-state index is 0.0950. The molecule has 0 atom stereocenters. The molecule has 1 rings (SSSR count). The highest BCUT2D eigenvalue weighted by Gasteiger charge is 2.26. The molecule has 0 heterocycles. The van der Waals surface area contributed by atoms with Crippen LogP contribution in [0.2, 0.25) is 0 Å². The average molecular weight is 865 g/mol. The van der Waals surface area contributed by atoms with Crippen LogP contribution in [0.1, 0.15) is 122 Å². The monoisotopic (exact) mass is 865 g/mol. The number of thioether (sulfide) groups is 2. The van der Waals surface area contributed by atoms with E-state index in [-0.39, 0.29) is 34.3 Å². The zero-order chi connectivity index (χ0) is 45.7. The first-order chi connectivity index (χ1) is 28.2. The molecule has 0 aromatic heterocycles. The zero-order valence-corrected chi connectivity index (χ0v) is 41.9. The maximum Gasteiger partial charge on any atom is 0.212 e. The van der Waals surface area contributed by atoms with Gasteiger partial charge in [0.25, 0.3) is 0 Å². The van der Waals surface area contributed by atoms with E-state index in [1.807, 2.05) is 52.2 Å². The molecule has 8 heteroatoms. The van der Waals surface area contributed by atoms with Crippen molar-refractivity contribution in [1.29, 1.82) is 0 Å². The topological polar surface area (TPSA) is 81.1 Å². The Hall–Kier alpha value is -2.72. The number of carbonyl (C=O) groups excluding carboxylic acids is 2. The van der Waals surface area contributed by atoms with Gasteiger partial charge in [-0.25, -0.2) is 0 Å². The Kier molecular flexibility index (Phi) is 30.6. The van der Waals surface area contributed by atoms with E-state index in [4.69, 9.17) is 10.2 Å². The molecule has 0 bridgehead atoms. The third-order valence-corrected chi connectivity index (χ3v) is 12.1. The number of carbonyl (C=O) groups is 2. The number of aliphatic hydroxyl groups excluding tert-OH is 2. The van der Waals surface area contributed by atoms with Crippen LogP contribution in [0.3, 0.4) is 0 Å². The van der Waals surface area contributed by atoms with E-state index in [9.17, 15) is 9.59 Å². The van der Waals surface area contributed by atoms with E-state index < -0.39 is 0 Å². The summed E-state index contributed by atoms with van der Waals surface area (Å²) in [6.07, 6.45) is 31.1. The summed E-state index contributed by atoms with van der Waals surface area (Å²) in [5.41, 5.74) is 10.5. The molecule has 0 unspecified atom stereocenters. The summed E-state index contributed by atoms with van der Waals surface area (Å²) >= 11 is 2.71. The van der Waals surface area contributed by atoms with Gasteiger partial charge < -0.3 is 20.0 Å². The third kappa shape index (κ3) is 28.0. The fraction of sp³-hybridized carbons (Fsp3) is 0.577. The van der Waals surface area contributed by atoms with Crippen LogP contribution in [-0.4, -0.2) is 95.2 Å². The number of aliphatic hydroxyl groups is 2. The SMILES string of the molecule is CC/C(C)=C(/C=C/C(C)=C/C=C/C(C)=C/C(=O)SCCCN(C)CCO)C(C)(C)C.CC1=C(/C=C/C(C)=C/C=C/C(C)=C/C(=O)SCCCN(C)CCO)C(C)(C)CCC1. The molecule has 6 nitrogen and oxygen atoms in total. The molecule has 0 amide bonds. The van der Waals surface area contributed by atoms with E-state index in [1.54, 1.807) is 12.2 Å². The average Bonchev–Trinajstić information content (AvgIpc) is 3.14. The number of allylic oxidation sites excluding steroid dienone is 18. The Labute approximate surface area is 376 Å². The largest absolute Gasteiger partial charge is 0.395 e. The van der Waals surface area contributed by atoms with Crippen LogP contribution in [0.4, 0.5) is 0 Å². The summed E-state index contributed by atoms with van der Waals surface area (Å²) in [6.45, 7) is 29.7. The zero-order valence-electron chi connectivity index (χ0n) is 40.2. The Morgan fingerprint density at radius 3 is 1.60 bits per heavy atom. The summed E-state index contributed by atoms with van der Waals surface area (Å²) in [5.74, 6) is 1.60. The first-order valence-corrected chi connectivity index (χ1v) is 23.9. The Bertz CT molecular complexity index is 1530. The fourth-order valence-electron chi connectivity index (χ4n) is 6.61. The predicted octanol–water partition coefficient (Wildman–Crippen LogP) is 12.4. The van der Waals surface area contributed by atoms with Gasteiger partial charge in [0.05, 0.1) is 13.2 Å². The second kappa shape index (κ2) is 32.0. The second-order valence-electron chi connectivity index (χ2n) is 17.8. The van der Waals surface area contributed by atoms with Crippen LogP contribution < -0.4 is 0 Å². The maximum absolute atomic E-state index is 12.1. The van der Waals surface area contributed by atoms with Crippen molar-refractivity contribution in [2.24, 2.45) is 10.8 Å². The number of hydrogen-bond donors (Lipinski definition) is 2. The quantitative estimate of drug-likeness (QED) is 0.0597. The van der Waals surface area contributed by atoms with Gasteiger partial charge in [-0.1, -0.05) is 148 Å². The standard InChI is InChI=1S/C26H41NO2S.C26H43NO2S/c1-21(13-14-24-23(3)12-8-15-26(24,4)5)10-7-11-22(2)20-25(29)30-19-9-16-27(6)17-18-28;1-9-23(4)24(26(5,6)7)15-14-21(2)12-10-13-22(3)20-25(29)30-19-11-16-27(8)17-18-28/h7,10-11,13-14,20,28H,8-9,12,15-19H2,1-6H3;10,12-15,20,28H,9,11,16-19H2,1-8H3/b11-7+,14-13+,21-10+,22-20+;13-10+,15-14+,21-12+,22-20+,24-23-. The molecule has 0 fully saturated rings. The molecule has 1 aliphatic carbocycles. The van der Waals surface area contributed by atoms with Crippen LogP contribution in [0, 0.1) is 10.8 Å². The molecule has 338 valence electrons. The fourth-order valence-corrected chi connectivity index (χ4v) is 8.10. The highest BCUT2D eigenvalue weighted by atomic mass is 32.2. The van der Waals surface area contributed by atoms with E-state index in [2.05, 4.69) is 115 Å². The molecule has 0 aromatic rings. The lowest BCUT2D eigenvalue weighted by atomic mass is 9.72. The van der Waals surface area contributed by atoms with Crippen molar-refractivity contribution >= 4 is 33.8 Å². The predicted molar refractivity (Wildman–Crippen MR) is 268 cm³/mol. The van der Waals surface area contributed by atoms with Crippen LogP contribution in [-0.2, 0) is 9.59 Å². The molecule has 0 saturated heterocycles. The van der Waals surface area contributed by atoms with Crippen LogP contribution >= 0.6 is 23.5 Å². The maximum atomic E-state index is 12.1. The number of likely N-dealkylation sites (N-methyl/N-ethyl adjacent to an activating group) is 2. The van der Waals surface area contributed by atoms with E-state index in [0.717, 1.165) is 55.0 Å². The van der Waals surface area contributed by atoms with Gasteiger partial charge in [0, 0.05) is 24.6 Å². The van der Waals surface area contributed by atoms with Gasteiger partial charge in [0.15, 0.2) is 0 Å². The van der Waals surface area contributed by atoms with Gasteiger partial charge in [-0.2, -0.15) is 0 Å². The first kappa shape index (κ1) is 57.3. The molecule has 0 aromatic carbocycles. The normalized spacial score (nSPS) is 16.6. The molecular weight excluding hydrogens is 781 g/mol. The van der Waals surface area contributed by atoms with Gasteiger partial charge >= 0.3 is 0 Å². The van der Waals surface area contributed by atoms with E-state index >= 15 is 0 Å². The lowest BCUT2D eigenvalue weighted by Gasteiger charge is -2.32. The summed E-state index contributed by atoms with van der Waals surface area (Å²) in [6, 6.07) is 0. The van der Waals surface area contributed by atoms with Gasteiger partial charge in [-0.05, 0) is 153 Å². The van der Waals surface area contributed by atoms with Gasteiger partial charge in [0.1, 0.15) is 0 Å². The van der Waals surface area contributed by atoms with Crippen molar-refractivity contribution in [1.82, 2.24) is 9.80 Å². The highest BCUT2D eigenvalue weighted by Crippen LogP contribution is 2.40. The molecule has 0 saturated carbocycles. The lowest BCUT2D eigenvalue weighted by Crippen LogP contribution is -2.23.